The van der Waals surface area contributed by atoms with Crippen molar-refractivity contribution in [1.29, 1.82) is 0 Å². The van der Waals surface area contributed by atoms with Crippen LogP contribution in [0.2, 0.25) is 0 Å². The van der Waals surface area contributed by atoms with E-state index in [1.165, 1.54) is 32.9 Å². The molecule has 4 amide bonds. The van der Waals surface area contributed by atoms with Gasteiger partial charge in [-0.15, -0.1) is 0 Å². The topological polar surface area (TPSA) is 76.2 Å². The van der Waals surface area contributed by atoms with E-state index in [9.17, 15) is 45.1 Å². The molecule has 2 saturated heterocycles. The van der Waals surface area contributed by atoms with Crippen LogP contribution in [-0.4, -0.2) is 83.4 Å². The summed E-state index contributed by atoms with van der Waals surface area (Å²) in [6.07, 6.45) is -11.0. The zero-order valence-electron chi connectivity index (χ0n) is 23.3. The molecule has 2 atom stereocenters. The fraction of sp³-hybridized carbons (Fsp3) is 0.464. The maximum absolute atomic E-state index is 14.5. The highest BCUT2D eigenvalue weighted by atomic mass is 19.4. The lowest BCUT2D eigenvalue weighted by molar-refractivity contribution is -0.167. The van der Waals surface area contributed by atoms with Gasteiger partial charge in [-0.1, -0.05) is 18.2 Å². The van der Waals surface area contributed by atoms with Crippen molar-refractivity contribution in [2.45, 2.75) is 50.5 Å². The van der Waals surface area contributed by atoms with Crippen molar-refractivity contribution in [3.05, 3.63) is 70.5 Å². The molecule has 2 aromatic rings. The Morgan fingerprint density at radius 3 is 2.21 bits per heavy atom. The van der Waals surface area contributed by atoms with Crippen molar-refractivity contribution in [3.63, 3.8) is 0 Å². The first-order valence-corrected chi connectivity index (χ1v) is 13.4. The lowest BCUT2D eigenvalue weighted by atomic mass is 10.0. The fourth-order valence-electron chi connectivity index (χ4n) is 5.25. The van der Waals surface area contributed by atoms with Crippen molar-refractivity contribution in [1.82, 2.24) is 24.9 Å². The number of piperazine rings is 1. The number of halogens is 7. The van der Waals surface area contributed by atoms with Gasteiger partial charge in [0.1, 0.15) is 18.0 Å². The highest BCUT2D eigenvalue weighted by Gasteiger charge is 2.48. The number of hydrogen-bond acceptors (Lipinski definition) is 4. The summed E-state index contributed by atoms with van der Waals surface area (Å²) in [5.74, 6) is -1.36. The average molecular weight is 618 g/mol. The Hall–Kier alpha value is -3.88. The Kier molecular flexibility index (Phi) is 9.23. The van der Waals surface area contributed by atoms with Gasteiger partial charge in [0.15, 0.2) is 0 Å². The molecule has 43 heavy (non-hydrogen) atoms. The van der Waals surface area contributed by atoms with Gasteiger partial charge in [-0.2, -0.15) is 26.3 Å². The van der Waals surface area contributed by atoms with Gasteiger partial charge >= 0.3 is 18.4 Å². The third-order valence-electron chi connectivity index (χ3n) is 7.37. The normalized spacial score (nSPS) is 19.6. The summed E-state index contributed by atoms with van der Waals surface area (Å²) < 4.78 is 94.2. The lowest BCUT2D eigenvalue weighted by Crippen LogP contribution is -2.72. The summed E-state index contributed by atoms with van der Waals surface area (Å²) in [6, 6.07) is 5.05. The van der Waals surface area contributed by atoms with E-state index in [0.717, 1.165) is 0 Å². The van der Waals surface area contributed by atoms with E-state index >= 15 is 0 Å². The standard InChI is InChI=1S/C28H30F7N5O3/c1-37(2)9-7-22-25(42)38(15-18-5-3-4-6-21(18)29)16-23-39(10-8-24(41)40(22)23)26(43)36-14-17-11-19(27(30,31)32)13-20(12-17)28(33,34)35/h3-6,11-13,22-23H,7-10,14-16H2,1-2H3,(H,36,43)/t22-,23+/m0/s1. The van der Waals surface area contributed by atoms with Gasteiger partial charge in [-0.25, -0.2) is 9.18 Å². The molecule has 234 valence electrons. The van der Waals surface area contributed by atoms with Gasteiger partial charge in [0.2, 0.25) is 11.8 Å². The summed E-state index contributed by atoms with van der Waals surface area (Å²) in [7, 11) is 3.55. The molecule has 2 aromatic carbocycles. The van der Waals surface area contributed by atoms with Crippen molar-refractivity contribution in [2.75, 3.05) is 33.7 Å². The van der Waals surface area contributed by atoms with Gasteiger partial charge < -0.3 is 24.9 Å². The van der Waals surface area contributed by atoms with Crippen molar-refractivity contribution in [3.8, 4) is 0 Å². The number of rotatable bonds is 7. The second kappa shape index (κ2) is 12.4. The number of nitrogens with one attached hydrogen (secondary N) is 1. The monoisotopic (exact) mass is 617 g/mol. The summed E-state index contributed by atoms with van der Waals surface area (Å²) in [5, 5.41) is 2.37. The Morgan fingerprint density at radius 1 is 1.00 bits per heavy atom. The first-order valence-electron chi connectivity index (χ1n) is 13.4. The molecule has 0 unspecified atom stereocenters. The van der Waals surface area contributed by atoms with Crippen LogP contribution in [0.25, 0.3) is 0 Å². The van der Waals surface area contributed by atoms with Gasteiger partial charge in [-0.3, -0.25) is 9.59 Å². The van der Waals surface area contributed by atoms with Gasteiger partial charge in [0, 0.05) is 31.6 Å². The van der Waals surface area contributed by atoms with Crippen LogP contribution in [-0.2, 0) is 35.0 Å². The zero-order chi connectivity index (χ0) is 31.7. The third-order valence-corrected chi connectivity index (χ3v) is 7.37. The molecule has 0 bridgehead atoms. The number of amides is 4. The zero-order valence-corrected chi connectivity index (χ0v) is 23.3. The molecule has 0 radical (unpaired) electrons. The van der Waals surface area contributed by atoms with Crippen LogP contribution in [0.15, 0.2) is 42.5 Å². The molecule has 2 heterocycles. The van der Waals surface area contributed by atoms with E-state index in [4.69, 9.17) is 0 Å². The molecule has 0 spiro atoms. The summed E-state index contributed by atoms with van der Waals surface area (Å²) in [5.41, 5.74) is -3.23. The quantitative estimate of drug-likeness (QED) is 0.471. The van der Waals surface area contributed by atoms with Gasteiger partial charge in [-0.05, 0) is 56.9 Å². The molecule has 2 fully saturated rings. The number of urea groups is 1. The highest BCUT2D eigenvalue weighted by Crippen LogP contribution is 2.36. The third kappa shape index (κ3) is 7.37. The fourth-order valence-corrected chi connectivity index (χ4v) is 5.25. The first kappa shape index (κ1) is 32.0. The van der Waals surface area contributed by atoms with E-state index in [-0.39, 0.29) is 50.0 Å². The number of nitrogens with zero attached hydrogens (tertiary/aromatic N) is 4. The smallest absolute Gasteiger partial charge is 0.334 e. The molecule has 2 aliphatic heterocycles. The SMILES string of the molecule is CN(C)CC[C@H]1C(=O)N(Cc2ccccc2F)C[C@@H]2N(C(=O)NCc3cc(C(F)(F)F)cc(C(F)(F)F)c3)CCC(=O)N21. The highest BCUT2D eigenvalue weighted by molar-refractivity contribution is 5.91. The molecule has 4 rings (SSSR count). The van der Waals surface area contributed by atoms with E-state index < -0.39 is 65.6 Å². The predicted octanol–water partition coefficient (Wildman–Crippen LogP) is 4.30. The molecule has 2 aliphatic rings. The van der Waals surface area contributed by atoms with E-state index in [0.29, 0.717) is 18.7 Å². The van der Waals surface area contributed by atoms with Gasteiger partial charge in [0.05, 0.1) is 17.7 Å². The van der Waals surface area contributed by atoms with Gasteiger partial charge in [0.25, 0.3) is 0 Å². The molecule has 0 aromatic heterocycles. The van der Waals surface area contributed by atoms with Crippen LogP contribution >= 0.6 is 0 Å². The van der Waals surface area contributed by atoms with Crippen LogP contribution in [0.5, 0.6) is 0 Å². The predicted molar refractivity (Wildman–Crippen MR) is 139 cm³/mol. The number of alkyl halides is 6. The molecule has 0 saturated carbocycles. The number of benzene rings is 2. The molecular weight excluding hydrogens is 587 g/mol. The summed E-state index contributed by atoms with van der Waals surface area (Å²) in [4.78, 5) is 45.6. The first-order chi connectivity index (χ1) is 20.1. The van der Waals surface area contributed by atoms with Crippen LogP contribution in [0, 0.1) is 5.82 Å². The number of hydrogen-bond donors (Lipinski definition) is 1. The molecule has 1 N–H and O–H groups in total. The maximum Gasteiger partial charge on any atom is 0.416 e. The van der Waals surface area contributed by atoms with Crippen LogP contribution < -0.4 is 5.32 Å². The average Bonchev–Trinajstić information content (AvgIpc) is 2.92. The summed E-state index contributed by atoms with van der Waals surface area (Å²) >= 11 is 0. The Labute approximate surface area is 243 Å². The van der Waals surface area contributed by atoms with Crippen molar-refractivity contribution >= 4 is 17.8 Å². The minimum Gasteiger partial charge on any atom is -0.334 e. The number of carbonyl (C=O) groups is 3. The van der Waals surface area contributed by atoms with E-state index in [1.54, 1.807) is 25.1 Å². The maximum atomic E-state index is 14.5. The minimum absolute atomic E-state index is 0.00346. The van der Waals surface area contributed by atoms with Crippen LogP contribution in [0.1, 0.15) is 35.1 Å². The summed E-state index contributed by atoms with van der Waals surface area (Å²) in [6.45, 7) is -0.673. The number of fused-ring (bicyclic) bond motifs is 1. The Bertz CT molecular complexity index is 1330. The number of carbonyl (C=O) groups excluding carboxylic acids is 3. The molecular formula is C28H30F7N5O3. The van der Waals surface area contributed by atoms with Crippen molar-refractivity contribution in [2.24, 2.45) is 0 Å². The van der Waals surface area contributed by atoms with Crippen LogP contribution in [0.3, 0.4) is 0 Å². The lowest BCUT2D eigenvalue weighted by Gasteiger charge is -2.52. The second-order valence-corrected chi connectivity index (χ2v) is 10.7. The second-order valence-electron chi connectivity index (χ2n) is 10.7. The van der Waals surface area contributed by atoms with E-state index in [1.807, 2.05) is 0 Å². The largest absolute Gasteiger partial charge is 0.416 e. The molecule has 0 aliphatic carbocycles. The molecule has 15 heteroatoms. The Morgan fingerprint density at radius 2 is 1.63 bits per heavy atom. The Balaban J connectivity index is 1.60. The van der Waals surface area contributed by atoms with Crippen molar-refractivity contribution < 1.29 is 45.1 Å². The minimum atomic E-state index is -5.05. The van der Waals surface area contributed by atoms with E-state index in [2.05, 4.69) is 5.32 Å². The molecule has 8 nitrogen and oxygen atoms in total. The van der Waals surface area contributed by atoms with Crippen LogP contribution in [0.4, 0.5) is 35.5 Å².